The van der Waals surface area contributed by atoms with Crippen LogP contribution in [0.2, 0.25) is 0 Å². The number of hydrogen-bond donors (Lipinski definition) is 1. The van der Waals surface area contributed by atoms with E-state index >= 15 is 0 Å². The number of amidine groups is 1. The van der Waals surface area contributed by atoms with Gasteiger partial charge >= 0.3 is 0 Å². The molecule has 2 aromatic rings. The SMILES string of the molecule is CC(C)O[C@@H]1CCC2Oc3ccc(-c4cccnc4F)cc3[C@@]3(COC(N)=N3)[C@H]2C1. The summed E-state index contributed by atoms with van der Waals surface area (Å²) in [6, 6.07) is 9.35. The van der Waals surface area contributed by atoms with Crippen LogP contribution in [0.3, 0.4) is 0 Å². The summed E-state index contributed by atoms with van der Waals surface area (Å²) in [7, 11) is 0. The monoisotopic (exact) mass is 411 g/mol. The van der Waals surface area contributed by atoms with Crippen LogP contribution in [0.15, 0.2) is 41.5 Å². The first-order valence-electron chi connectivity index (χ1n) is 10.5. The quantitative estimate of drug-likeness (QED) is 0.778. The number of aliphatic imine (C=N–C) groups is 1. The van der Waals surface area contributed by atoms with Gasteiger partial charge in [0.25, 0.3) is 6.02 Å². The molecule has 1 aromatic heterocycles. The molecule has 5 rings (SSSR count). The minimum atomic E-state index is -0.657. The zero-order valence-corrected chi connectivity index (χ0v) is 17.2. The Hall–Kier alpha value is -2.67. The fraction of sp³-hybridized carbons (Fsp3) is 0.478. The van der Waals surface area contributed by atoms with Gasteiger partial charge in [-0.3, -0.25) is 0 Å². The Kier molecular flexibility index (Phi) is 4.65. The number of ether oxygens (including phenoxy) is 3. The Labute approximate surface area is 175 Å². The predicted octanol–water partition coefficient (Wildman–Crippen LogP) is 3.78. The summed E-state index contributed by atoms with van der Waals surface area (Å²) in [5, 5.41) is 0. The van der Waals surface area contributed by atoms with E-state index in [1.165, 1.54) is 6.20 Å². The van der Waals surface area contributed by atoms with Crippen molar-refractivity contribution >= 4 is 6.02 Å². The standard InChI is InChI=1S/C23H26FN3O3/c1-13(2)29-15-6-8-20-18(11-15)23(12-28-22(25)27-23)17-10-14(5-7-19(17)30-20)16-4-3-9-26-21(16)24/h3-5,7,9-10,13,15,18,20H,6,8,11-12H2,1-2H3,(H2,25,27)/t15-,18+,20?,23+/m1/s1. The third-order valence-electron chi connectivity index (χ3n) is 6.36. The Balaban J connectivity index is 1.60. The molecule has 6 nitrogen and oxygen atoms in total. The van der Waals surface area contributed by atoms with E-state index in [4.69, 9.17) is 24.9 Å². The fourth-order valence-corrected chi connectivity index (χ4v) is 5.13. The second-order valence-electron chi connectivity index (χ2n) is 8.60. The number of benzene rings is 1. The lowest BCUT2D eigenvalue weighted by Crippen LogP contribution is -2.52. The summed E-state index contributed by atoms with van der Waals surface area (Å²) >= 11 is 0. The molecule has 4 atom stereocenters. The minimum Gasteiger partial charge on any atom is -0.490 e. The van der Waals surface area contributed by atoms with Gasteiger partial charge in [-0.1, -0.05) is 6.07 Å². The maximum absolute atomic E-state index is 14.3. The Morgan fingerprint density at radius 1 is 1.27 bits per heavy atom. The second-order valence-corrected chi connectivity index (χ2v) is 8.60. The van der Waals surface area contributed by atoms with Gasteiger partial charge in [-0.25, -0.2) is 9.98 Å². The first kappa shape index (κ1) is 19.3. The summed E-state index contributed by atoms with van der Waals surface area (Å²) in [6.45, 7) is 4.46. The average Bonchev–Trinajstić information content (AvgIpc) is 3.11. The first-order chi connectivity index (χ1) is 14.5. The molecule has 1 saturated carbocycles. The molecule has 1 fully saturated rings. The van der Waals surface area contributed by atoms with E-state index in [1.54, 1.807) is 12.1 Å². The number of fused-ring (bicyclic) bond motifs is 4. The van der Waals surface area contributed by atoms with Crippen LogP contribution >= 0.6 is 0 Å². The molecule has 0 radical (unpaired) electrons. The van der Waals surface area contributed by atoms with Crippen molar-refractivity contribution in [2.75, 3.05) is 6.61 Å². The topological polar surface area (TPSA) is 79.0 Å². The van der Waals surface area contributed by atoms with Crippen molar-refractivity contribution in [3.63, 3.8) is 0 Å². The lowest BCUT2D eigenvalue weighted by molar-refractivity contribution is -0.0791. The van der Waals surface area contributed by atoms with Crippen molar-refractivity contribution in [1.29, 1.82) is 0 Å². The van der Waals surface area contributed by atoms with E-state index in [0.717, 1.165) is 36.1 Å². The predicted molar refractivity (Wildman–Crippen MR) is 111 cm³/mol. The number of pyridine rings is 1. The van der Waals surface area contributed by atoms with Gasteiger partial charge in [0.1, 0.15) is 24.0 Å². The summed E-state index contributed by atoms with van der Waals surface area (Å²) in [6.07, 6.45) is 4.41. The molecule has 1 aromatic carbocycles. The van der Waals surface area contributed by atoms with Crippen molar-refractivity contribution < 1.29 is 18.6 Å². The van der Waals surface area contributed by atoms with Crippen LogP contribution in [0, 0.1) is 11.9 Å². The molecule has 0 bridgehead atoms. The molecular formula is C23H26FN3O3. The number of hydrogen-bond acceptors (Lipinski definition) is 6. The highest BCUT2D eigenvalue weighted by Crippen LogP contribution is 2.53. The number of nitrogens with zero attached hydrogens (tertiary/aromatic N) is 2. The largest absolute Gasteiger partial charge is 0.490 e. The van der Waals surface area contributed by atoms with Gasteiger partial charge in [0.2, 0.25) is 5.95 Å². The van der Waals surface area contributed by atoms with Crippen LogP contribution < -0.4 is 10.5 Å². The average molecular weight is 411 g/mol. The summed E-state index contributed by atoms with van der Waals surface area (Å²) in [5.41, 5.74) is 7.39. The second kappa shape index (κ2) is 7.23. The molecular weight excluding hydrogens is 385 g/mol. The van der Waals surface area contributed by atoms with Crippen LogP contribution in [0.1, 0.15) is 38.7 Å². The summed E-state index contributed by atoms with van der Waals surface area (Å²) in [4.78, 5) is 8.59. The molecule has 0 saturated heterocycles. The highest BCUT2D eigenvalue weighted by Gasteiger charge is 2.55. The molecule has 1 spiro atoms. The zero-order valence-electron chi connectivity index (χ0n) is 17.2. The lowest BCUT2D eigenvalue weighted by Gasteiger charge is -2.48. The highest BCUT2D eigenvalue weighted by molar-refractivity contribution is 5.75. The van der Waals surface area contributed by atoms with Crippen molar-refractivity contribution in [1.82, 2.24) is 4.98 Å². The van der Waals surface area contributed by atoms with E-state index in [9.17, 15) is 4.39 Å². The van der Waals surface area contributed by atoms with Crippen molar-refractivity contribution in [3.8, 4) is 16.9 Å². The van der Waals surface area contributed by atoms with Crippen LogP contribution in [0.5, 0.6) is 5.75 Å². The molecule has 3 aliphatic rings. The van der Waals surface area contributed by atoms with Gasteiger partial charge in [-0.2, -0.15) is 4.39 Å². The summed E-state index contributed by atoms with van der Waals surface area (Å²) in [5.74, 6) is 0.321. The molecule has 2 N–H and O–H groups in total. The third kappa shape index (κ3) is 3.12. The first-order valence-corrected chi connectivity index (χ1v) is 10.5. The Bertz CT molecular complexity index is 995. The maximum Gasteiger partial charge on any atom is 0.283 e. The van der Waals surface area contributed by atoms with Gasteiger partial charge in [-0.15, -0.1) is 0 Å². The molecule has 2 aliphatic heterocycles. The van der Waals surface area contributed by atoms with Gasteiger partial charge in [0.15, 0.2) is 0 Å². The van der Waals surface area contributed by atoms with E-state index in [0.29, 0.717) is 12.2 Å². The molecule has 0 amide bonds. The molecule has 1 aliphatic carbocycles. The van der Waals surface area contributed by atoms with E-state index in [-0.39, 0.29) is 30.3 Å². The highest BCUT2D eigenvalue weighted by atomic mass is 19.1. The summed E-state index contributed by atoms with van der Waals surface area (Å²) < 4.78 is 32.6. The Morgan fingerprint density at radius 2 is 2.13 bits per heavy atom. The number of halogens is 1. The van der Waals surface area contributed by atoms with Gasteiger partial charge < -0.3 is 19.9 Å². The van der Waals surface area contributed by atoms with Gasteiger partial charge in [0, 0.05) is 23.2 Å². The van der Waals surface area contributed by atoms with Gasteiger partial charge in [-0.05, 0) is 62.9 Å². The minimum absolute atomic E-state index is 0.0174. The lowest BCUT2D eigenvalue weighted by atomic mass is 9.67. The van der Waals surface area contributed by atoms with E-state index in [1.807, 2.05) is 18.2 Å². The van der Waals surface area contributed by atoms with Crippen molar-refractivity contribution in [2.24, 2.45) is 16.6 Å². The number of nitrogens with two attached hydrogens (primary N) is 1. The number of rotatable bonds is 3. The fourth-order valence-electron chi connectivity index (χ4n) is 5.13. The normalized spacial score (nSPS) is 29.7. The van der Waals surface area contributed by atoms with E-state index < -0.39 is 11.5 Å². The van der Waals surface area contributed by atoms with Gasteiger partial charge in [0.05, 0.1) is 12.2 Å². The molecule has 158 valence electrons. The zero-order chi connectivity index (χ0) is 20.9. The smallest absolute Gasteiger partial charge is 0.283 e. The van der Waals surface area contributed by atoms with Crippen molar-refractivity contribution in [2.45, 2.75) is 57.0 Å². The molecule has 1 unspecified atom stereocenters. The van der Waals surface area contributed by atoms with Crippen LogP contribution in [-0.2, 0) is 15.0 Å². The molecule has 7 heteroatoms. The Morgan fingerprint density at radius 3 is 2.87 bits per heavy atom. The van der Waals surface area contributed by atoms with E-state index in [2.05, 4.69) is 18.8 Å². The van der Waals surface area contributed by atoms with Crippen LogP contribution in [0.4, 0.5) is 4.39 Å². The molecule has 30 heavy (non-hydrogen) atoms. The third-order valence-corrected chi connectivity index (χ3v) is 6.36. The van der Waals surface area contributed by atoms with Crippen LogP contribution in [-0.4, -0.2) is 35.9 Å². The maximum atomic E-state index is 14.3. The van der Waals surface area contributed by atoms with Crippen LogP contribution in [0.25, 0.3) is 11.1 Å². The number of aromatic nitrogens is 1. The van der Waals surface area contributed by atoms with Crippen molar-refractivity contribution in [3.05, 3.63) is 48.0 Å². The molecule has 3 heterocycles.